The molecule has 0 aromatic carbocycles. The second-order valence-corrected chi connectivity index (χ2v) is 4.78. The highest BCUT2D eigenvalue weighted by Crippen LogP contribution is 2.16. The summed E-state index contributed by atoms with van der Waals surface area (Å²) >= 11 is 0. The lowest BCUT2D eigenvalue weighted by Crippen LogP contribution is -2.24. The molecule has 0 saturated heterocycles. The van der Waals surface area contributed by atoms with E-state index in [2.05, 4.69) is 33.2 Å². The van der Waals surface area contributed by atoms with Gasteiger partial charge in [-0.1, -0.05) is 23.8 Å². The van der Waals surface area contributed by atoms with Crippen LogP contribution in [0.3, 0.4) is 0 Å². The first-order chi connectivity index (χ1) is 9.06. The molecule has 1 aromatic rings. The minimum atomic E-state index is 0.250. The second-order valence-electron chi connectivity index (χ2n) is 4.78. The standard InChI is InChI=1S/C13H20N6/c1-18(2)12-15-11(14)16-13(17-12)19(3)9-8-10-6-4-5-7-10/h4,6-7H,5,8-9H2,1-3H3,(H2,14,15,16,17). The van der Waals surface area contributed by atoms with Crippen LogP contribution >= 0.6 is 0 Å². The zero-order chi connectivity index (χ0) is 13.8. The fourth-order valence-corrected chi connectivity index (χ4v) is 1.83. The smallest absolute Gasteiger partial charge is 0.231 e. The molecule has 1 heterocycles. The third kappa shape index (κ3) is 3.43. The maximum Gasteiger partial charge on any atom is 0.231 e. The second kappa shape index (κ2) is 5.69. The molecule has 1 aliphatic carbocycles. The summed E-state index contributed by atoms with van der Waals surface area (Å²) in [4.78, 5) is 16.5. The molecule has 0 aliphatic heterocycles. The lowest BCUT2D eigenvalue weighted by Gasteiger charge is -2.19. The summed E-state index contributed by atoms with van der Waals surface area (Å²) in [5.74, 6) is 1.44. The van der Waals surface area contributed by atoms with Crippen LogP contribution in [-0.2, 0) is 0 Å². The summed E-state index contributed by atoms with van der Waals surface area (Å²) in [5.41, 5.74) is 7.08. The van der Waals surface area contributed by atoms with Gasteiger partial charge in [-0.2, -0.15) is 15.0 Å². The summed E-state index contributed by atoms with van der Waals surface area (Å²) in [7, 11) is 5.73. The molecule has 6 nitrogen and oxygen atoms in total. The van der Waals surface area contributed by atoms with Gasteiger partial charge in [-0.15, -0.1) is 0 Å². The molecule has 6 heteroatoms. The Labute approximate surface area is 113 Å². The minimum Gasteiger partial charge on any atom is -0.368 e. The molecule has 2 N–H and O–H groups in total. The van der Waals surface area contributed by atoms with Gasteiger partial charge in [0.2, 0.25) is 17.8 Å². The molecule has 0 bridgehead atoms. The van der Waals surface area contributed by atoms with E-state index >= 15 is 0 Å². The molecule has 0 unspecified atom stereocenters. The Hall–Kier alpha value is -2.11. The molecular formula is C13H20N6. The summed E-state index contributed by atoms with van der Waals surface area (Å²) in [5, 5.41) is 0. The highest BCUT2D eigenvalue weighted by Gasteiger charge is 2.10. The maximum atomic E-state index is 5.72. The van der Waals surface area contributed by atoms with E-state index in [9.17, 15) is 0 Å². The van der Waals surface area contributed by atoms with Gasteiger partial charge < -0.3 is 15.5 Å². The average molecular weight is 260 g/mol. The first-order valence-corrected chi connectivity index (χ1v) is 6.32. The first kappa shape index (κ1) is 13.3. The lowest BCUT2D eigenvalue weighted by molar-refractivity contribution is 0.827. The number of nitrogen functional groups attached to an aromatic ring is 1. The highest BCUT2D eigenvalue weighted by atomic mass is 15.3. The van der Waals surface area contributed by atoms with E-state index in [0.29, 0.717) is 11.9 Å². The molecular weight excluding hydrogens is 240 g/mol. The number of hydrogen-bond acceptors (Lipinski definition) is 6. The van der Waals surface area contributed by atoms with Crippen LogP contribution in [0.1, 0.15) is 12.8 Å². The predicted octanol–water partition coefficient (Wildman–Crippen LogP) is 1.23. The summed E-state index contributed by atoms with van der Waals surface area (Å²) in [6.07, 6.45) is 8.60. The van der Waals surface area contributed by atoms with Crippen molar-refractivity contribution in [2.45, 2.75) is 12.8 Å². The van der Waals surface area contributed by atoms with E-state index < -0.39 is 0 Å². The van der Waals surface area contributed by atoms with Crippen LogP contribution in [0, 0.1) is 0 Å². The summed E-state index contributed by atoms with van der Waals surface area (Å²) in [6.45, 7) is 0.854. The van der Waals surface area contributed by atoms with Crippen LogP contribution in [0.2, 0.25) is 0 Å². The Balaban J connectivity index is 2.05. The molecule has 19 heavy (non-hydrogen) atoms. The van der Waals surface area contributed by atoms with Gasteiger partial charge in [0.25, 0.3) is 0 Å². The van der Waals surface area contributed by atoms with Crippen LogP contribution in [0.15, 0.2) is 23.8 Å². The van der Waals surface area contributed by atoms with Crippen LogP contribution in [0.5, 0.6) is 0 Å². The summed E-state index contributed by atoms with van der Waals surface area (Å²) in [6, 6.07) is 0. The van der Waals surface area contributed by atoms with Crippen molar-refractivity contribution in [3.8, 4) is 0 Å². The van der Waals surface area contributed by atoms with Crippen molar-refractivity contribution in [1.82, 2.24) is 15.0 Å². The van der Waals surface area contributed by atoms with E-state index in [0.717, 1.165) is 19.4 Å². The van der Waals surface area contributed by atoms with Crippen molar-refractivity contribution in [3.63, 3.8) is 0 Å². The monoisotopic (exact) mass is 260 g/mol. The average Bonchev–Trinajstić information content (AvgIpc) is 2.88. The lowest BCUT2D eigenvalue weighted by atomic mass is 10.2. The van der Waals surface area contributed by atoms with E-state index in [1.165, 1.54) is 5.57 Å². The van der Waals surface area contributed by atoms with Crippen molar-refractivity contribution in [3.05, 3.63) is 23.8 Å². The van der Waals surface area contributed by atoms with Crippen LogP contribution in [-0.4, -0.2) is 42.6 Å². The Bertz CT molecular complexity index is 506. The number of aromatic nitrogens is 3. The molecule has 1 aliphatic rings. The van der Waals surface area contributed by atoms with Crippen molar-refractivity contribution >= 4 is 17.8 Å². The van der Waals surface area contributed by atoms with E-state index in [1.807, 2.05) is 30.9 Å². The topological polar surface area (TPSA) is 71.2 Å². The fraction of sp³-hybridized carbons (Fsp3) is 0.462. The van der Waals surface area contributed by atoms with Crippen molar-refractivity contribution in [2.75, 3.05) is 43.2 Å². The zero-order valence-corrected chi connectivity index (χ0v) is 11.7. The molecule has 1 aromatic heterocycles. The summed E-state index contributed by atoms with van der Waals surface area (Å²) < 4.78 is 0. The number of rotatable bonds is 5. The number of anilines is 3. The van der Waals surface area contributed by atoms with E-state index in [4.69, 9.17) is 5.73 Å². The van der Waals surface area contributed by atoms with Gasteiger partial charge in [-0.25, -0.2) is 0 Å². The van der Waals surface area contributed by atoms with Gasteiger partial charge in [-0.3, -0.25) is 0 Å². The molecule has 0 spiro atoms. The van der Waals surface area contributed by atoms with Crippen molar-refractivity contribution in [2.24, 2.45) is 0 Å². The van der Waals surface area contributed by atoms with Gasteiger partial charge in [0.05, 0.1) is 0 Å². The Morgan fingerprint density at radius 1 is 1.16 bits per heavy atom. The zero-order valence-electron chi connectivity index (χ0n) is 11.7. The van der Waals surface area contributed by atoms with Crippen LogP contribution in [0.4, 0.5) is 17.8 Å². The SMILES string of the molecule is CN(C)c1nc(N)nc(N(C)CCC2=CCC=C2)n1. The van der Waals surface area contributed by atoms with E-state index in [1.54, 1.807) is 0 Å². The van der Waals surface area contributed by atoms with Crippen molar-refractivity contribution < 1.29 is 0 Å². The third-order valence-corrected chi connectivity index (χ3v) is 2.95. The quantitative estimate of drug-likeness (QED) is 0.858. The molecule has 102 valence electrons. The Morgan fingerprint density at radius 3 is 2.53 bits per heavy atom. The van der Waals surface area contributed by atoms with Gasteiger partial charge in [0, 0.05) is 27.7 Å². The number of nitrogens with two attached hydrogens (primary N) is 1. The predicted molar refractivity (Wildman–Crippen MR) is 78.3 cm³/mol. The Morgan fingerprint density at radius 2 is 1.89 bits per heavy atom. The third-order valence-electron chi connectivity index (χ3n) is 2.95. The molecule has 0 amide bonds. The van der Waals surface area contributed by atoms with Gasteiger partial charge in [0.15, 0.2) is 0 Å². The van der Waals surface area contributed by atoms with Crippen molar-refractivity contribution in [1.29, 1.82) is 0 Å². The largest absolute Gasteiger partial charge is 0.368 e. The van der Waals surface area contributed by atoms with Gasteiger partial charge in [0.1, 0.15) is 0 Å². The molecule has 0 atom stereocenters. The number of nitrogens with zero attached hydrogens (tertiary/aromatic N) is 5. The minimum absolute atomic E-state index is 0.250. The highest BCUT2D eigenvalue weighted by molar-refractivity contribution is 5.42. The number of allylic oxidation sites excluding steroid dienone is 3. The number of hydrogen-bond donors (Lipinski definition) is 1. The maximum absolute atomic E-state index is 5.72. The normalized spacial score (nSPS) is 13.5. The van der Waals surface area contributed by atoms with Gasteiger partial charge >= 0.3 is 0 Å². The first-order valence-electron chi connectivity index (χ1n) is 6.32. The van der Waals surface area contributed by atoms with Gasteiger partial charge in [-0.05, 0) is 12.8 Å². The van der Waals surface area contributed by atoms with Crippen LogP contribution < -0.4 is 15.5 Å². The molecule has 2 rings (SSSR count). The molecule has 0 fully saturated rings. The molecule has 0 saturated carbocycles. The van der Waals surface area contributed by atoms with Crippen LogP contribution in [0.25, 0.3) is 0 Å². The molecule has 0 radical (unpaired) electrons. The fourth-order valence-electron chi connectivity index (χ4n) is 1.83. The van der Waals surface area contributed by atoms with E-state index in [-0.39, 0.29) is 5.95 Å². The Kier molecular flexibility index (Phi) is 3.99.